The van der Waals surface area contributed by atoms with E-state index in [2.05, 4.69) is 0 Å². The molecule has 1 atom stereocenters. The van der Waals surface area contributed by atoms with E-state index >= 15 is 0 Å². The van der Waals surface area contributed by atoms with Gasteiger partial charge in [-0.15, -0.1) is 0 Å². The van der Waals surface area contributed by atoms with Crippen LogP contribution in [0.4, 0.5) is 5.69 Å². The number of Topliss-reactive ketones (excluding diaryl/α,β-unsaturated/α-hetero) is 1. The van der Waals surface area contributed by atoms with Crippen LogP contribution in [0.2, 0.25) is 0 Å². The third kappa shape index (κ3) is 3.37. The molecule has 0 saturated carbocycles. The first-order chi connectivity index (χ1) is 15.0. The number of aliphatic hydroxyl groups is 2. The molecule has 6 nitrogen and oxygen atoms in total. The van der Waals surface area contributed by atoms with Crippen molar-refractivity contribution in [2.75, 3.05) is 11.5 Å². The lowest BCUT2D eigenvalue weighted by atomic mass is 9.91. The highest BCUT2D eigenvalue weighted by Gasteiger charge is 2.57. The van der Waals surface area contributed by atoms with Gasteiger partial charge in [0.1, 0.15) is 17.1 Å². The van der Waals surface area contributed by atoms with Crippen molar-refractivity contribution in [1.29, 1.82) is 0 Å². The topological polar surface area (TPSA) is 87.1 Å². The van der Waals surface area contributed by atoms with E-state index in [4.69, 9.17) is 4.74 Å². The van der Waals surface area contributed by atoms with Gasteiger partial charge in [0.2, 0.25) is 5.72 Å². The molecule has 3 aromatic carbocycles. The highest BCUT2D eigenvalue weighted by molar-refractivity contribution is 6.52. The molecule has 4 rings (SSSR count). The number of rotatable bonds is 5. The zero-order valence-corrected chi connectivity index (χ0v) is 16.9. The minimum Gasteiger partial charge on any atom is -0.507 e. The fraction of sp³-hybridized carbons (Fsp3) is 0.120. The van der Waals surface area contributed by atoms with Gasteiger partial charge in [0.25, 0.3) is 5.78 Å². The summed E-state index contributed by atoms with van der Waals surface area (Å²) in [6.07, 6.45) is 0. The Morgan fingerprint density at radius 1 is 0.903 bits per heavy atom. The van der Waals surface area contributed by atoms with Gasteiger partial charge in [0, 0.05) is 16.8 Å². The minimum atomic E-state index is -2.19. The zero-order chi connectivity index (χ0) is 22.0. The maximum absolute atomic E-state index is 13.1. The van der Waals surface area contributed by atoms with Crippen LogP contribution in [0.25, 0.3) is 5.76 Å². The Morgan fingerprint density at radius 3 is 2.06 bits per heavy atom. The monoisotopic (exact) mass is 415 g/mol. The van der Waals surface area contributed by atoms with E-state index in [1.54, 1.807) is 84.9 Å². The first-order valence-corrected chi connectivity index (χ1v) is 9.87. The molecule has 0 bridgehead atoms. The molecule has 31 heavy (non-hydrogen) atoms. The van der Waals surface area contributed by atoms with Crippen LogP contribution in [-0.4, -0.2) is 28.5 Å². The summed E-state index contributed by atoms with van der Waals surface area (Å²) < 4.78 is 5.44. The summed E-state index contributed by atoms with van der Waals surface area (Å²) in [6.45, 7) is 2.33. The second-order valence-electron chi connectivity index (χ2n) is 7.02. The summed E-state index contributed by atoms with van der Waals surface area (Å²) in [7, 11) is 0. The molecule has 1 heterocycles. The second kappa shape index (κ2) is 8.08. The van der Waals surface area contributed by atoms with Gasteiger partial charge in [0.05, 0.1) is 6.61 Å². The van der Waals surface area contributed by atoms with Crippen LogP contribution in [0.1, 0.15) is 18.1 Å². The zero-order valence-electron chi connectivity index (χ0n) is 16.9. The van der Waals surface area contributed by atoms with Gasteiger partial charge in [0.15, 0.2) is 0 Å². The number of carbonyl (C=O) groups excluding carboxylic acids is 2. The van der Waals surface area contributed by atoms with Crippen LogP contribution in [0.5, 0.6) is 5.75 Å². The number of nitrogens with zero attached hydrogens (tertiary/aromatic N) is 1. The largest absolute Gasteiger partial charge is 0.507 e. The number of ether oxygens (including phenoxy) is 1. The third-order valence-electron chi connectivity index (χ3n) is 5.16. The lowest BCUT2D eigenvalue weighted by Crippen LogP contribution is -2.44. The Bertz CT molecular complexity index is 1140. The summed E-state index contributed by atoms with van der Waals surface area (Å²) in [5, 5.41) is 22.9. The van der Waals surface area contributed by atoms with Gasteiger partial charge in [-0.1, -0.05) is 60.7 Å². The average Bonchev–Trinajstić information content (AvgIpc) is 3.01. The van der Waals surface area contributed by atoms with Crippen molar-refractivity contribution in [3.05, 3.63) is 102 Å². The van der Waals surface area contributed by atoms with Crippen LogP contribution in [-0.2, 0) is 15.3 Å². The highest BCUT2D eigenvalue weighted by Crippen LogP contribution is 2.45. The standard InChI is InChI=1S/C25H21NO5/c1-2-31-20-15-13-19(14-16-20)26-24(29)23(28)21(22(27)17-9-5-3-6-10-17)25(26,30)18-11-7-4-8-12-18/h3-16,27,30H,2H2,1H3/t25-/m0/s1. The molecule has 0 unspecified atom stereocenters. The van der Waals surface area contributed by atoms with Crippen LogP contribution in [0.15, 0.2) is 90.5 Å². The number of hydrogen-bond donors (Lipinski definition) is 2. The number of anilines is 1. The quantitative estimate of drug-likeness (QED) is 0.376. The fourth-order valence-corrected chi connectivity index (χ4v) is 3.74. The summed E-state index contributed by atoms with van der Waals surface area (Å²) in [4.78, 5) is 27.2. The molecule has 0 spiro atoms. The van der Waals surface area contributed by atoms with Crippen molar-refractivity contribution < 1.29 is 24.5 Å². The molecule has 3 aromatic rings. The molecule has 1 aliphatic rings. The van der Waals surface area contributed by atoms with Gasteiger partial charge in [-0.25, -0.2) is 0 Å². The summed E-state index contributed by atoms with van der Waals surface area (Å²) in [5.41, 5.74) is -1.68. The second-order valence-corrected chi connectivity index (χ2v) is 7.02. The molecule has 1 amide bonds. The van der Waals surface area contributed by atoms with Crippen LogP contribution in [0.3, 0.4) is 0 Å². The lowest BCUT2D eigenvalue weighted by molar-refractivity contribution is -0.132. The number of ketones is 1. The van der Waals surface area contributed by atoms with Crippen molar-refractivity contribution in [2.24, 2.45) is 0 Å². The van der Waals surface area contributed by atoms with E-state index in [0.29, 0.717) is 23.6 Å². The fourth-order valence-electron chi connectivity index (χ4n) is 3.74. The molecule has 1 saturated heterocycles. The van der Waals surface area contributed by atoms with Crippen molar-refractivity contribution in [2.45, 2.75) is 12.6 Å². The minimum absolute atomic E-state index is 0.278. The molecule has 1 fully saturated rings. The summed E-state index contributed by atoms with van der Waals surface area (Å²) in [6, 6.07) is 23.2. The summed E-state index contributed by atoms with van der Waals surface area (Å²) in [5.74, 6) is -1.76. The first-order valence-electron chi connectivity index (χ1n) is 9.87. The molecule has 0 radical (unpaired) electrons. The Hall–Kier alpha value is -3.90. The number of amides is 1. The molecule has 156 valence electrons. The lowest BCUT2D eigenvalue weighted by Gasteiger charge is -2.34. The smallest absolute Gasteiger partial charge is 0.302 e. The molecule has 0 aliphatic carbocycles. The SMILES string of the molecule is CCOc1ccc(N2C(=O)C(=O)C(=C(O)c3ccccc3)[C@@]2(O)c2ccccc2)cc1. The van der Waals surface area contributed by atoms with Crippen LogP contribution in [0, 0.1) is 0 Å². The van der Waals surface area contributed by atoms with E-state index in [0.717, 1.165) is 4.90 Å². The predicted octanol–water partition coefficient (Wildman–Crippen LogP) is 3.82. The molecule has 6 heteroatoms. The van der Waals surface area contributed by atoms with Gasteiger partial charge in [-0.05, 0) is 31.2 Å². The molecular weight excluding hydrogens is 394 g/mol. The molecule has 1 aliphatic heterocycles. The average molecular weight is 415 g/mol. The normalized spacial score (nSPS) is 20.1. The van der Waals surface area contributed by atoms with E-state index < -0.39 is 23.2 Å². The van der Waals surface area contributed by atoms with Gasteiger partial charge >= 0.3 is 5.91 Å². The Morgan fingerprint density at radius 2 is 1.48 bits per heavy atom. The van der Waals surface area contributed by atoms with Crippen molar-refractivity contribution in [3.63, 3.8) is 0 Å². The maximum Gasteiger partial charge on any atom is 0.302 e. The molecule has 0 aromatic heterocycles. The number of aliphatic hydroxyl groups excluding tert-OH is 1. The van der Waals surface area contributed by atoms with Crippen LogP contribution >= 0.6 is 0 Å². The number of benzene rings is 3. The maximum atomic E-state index is 13.1. The Balaban J connectivity index is 1.95. The predicted molar refractivity (Wildman–Crippen MR) is 116 cm³/mol. The van der Waals surface area contributed by atoms with Crippen molar-refractivity contribution in [1.82, 2.24) is 0 Å². The van der Waals surface area contributed by atoms with E-state index in [1.807, 2.05) is 6.92 Å². The Kier molecular flexibility index (Phi) is 5.31. The number of carbonyl (C=O) groups is 2. The van der Waals surface area contributed by atoms with E-state index in [-0.39, 0.29) is 11.1 Å². The van der Waals surface area contributed by atoms with E-state index in [1.165, 1.54) is 0 Å². The third-order valence-corrected chi connectivity index (χ3v) is 5.16. The van der Waals surface area contributed by atoms with Gasteiger partial charge in [-0.2, -0.15) is 0 Å². The number of hydrogen-bond acceptors (Lipinski definition) is 5. The summed E-state index contributed by atoms with van der Waals surface area (Å²) >= 11 is 0. The van der Waals surface area contributed by atoms with Gasteiger partial charge in [-0.3, -0.25) is 14.5 Å². The Labute approximate surface area is 179 Å². The van der Waals surface area contributed by atoms with E-state index in [9.17, 15) is 19.8 Å². The first kappa shape index (κ1) is 20.4. The van der Waals surface area contributed by atoms with Crippen molar-refractivity contribution in [3.8, 4) is 5.75 Å². The highest BCUT2D eigenvalue weighted by atomic mass is 16.5. The molecular formula is C25H21NO5. The van der Waals surface area contributed by atoms with Crippen LogP contribution < -0.4 is 9.64 Å². The van der Waals surface area contributed by atoms with Crippen molar-refractivity contribution >= 4 is 23.1 Å². The molecule has 2 N–H and O–H groups in total. The van der Waals surface area contributed by atoms with Gasteiger partial charge < -0.3 is 14.9 Å².